The zero-order chi connectivity index (χ0) is 39.8. The van der Waals surface area contributed by atoms with Gasteiger partial charge in [-0.05, 0) is 52.6 Å². The number of anilines is 8. The molecule has 0 N–H and O–H groups in total. The van der Waals surface area contributed by atoms with Gasteiger partial charge in [0.1, 0.15) is 13.3 Å². The molecule has 4 heterocycles. The van der Waals surface area contributed by atoms with Crippen LogP contribution in [0.3, 0.4) is 0 Å². The molecule has 0 unspecified atom stereocenters. The van der Waals surface area contributed by atoms with E-state index < -0.39 is 0 Å². The van der Waals surface area contributed by atoms with E-state index in [0.717, 1.165) is 45.5 Å². The number of fused-ring (bicyclic) bond motifs is 2. The van der Waals surface area contributed by atoms with Gasteiger partial charge in [0.25, 0.3) is 0 Å². The van der Waals surface area contributed by atoms with Gasteiger partial charge < -0.3 is 19.6 Å². The molecular weight excluding hydrogens is 733 g/mol. The van der Waals surface area contributed by atoms with Crippen LogP contribution in [0.5, 0.6) is 0 Å². The topological polar surface area (TPSA) is 38.7 Å². The van der Waals surface area contributed by atoms with Gasteiger partial charge in [-0.3, -0.25) is 9.97 Å². The first kappa shape index (κ1) is 35.2. The van der Waals surface area contributed by atoms with Gasteiger partial charge in [-0.15, -0.1) is 0 Å². The third kappa shape index (κ3) is 6.14. The van der Waals surface area contributed by atoms with Crippen LogP contribution in [0.25, 0.3) is 44.5 Å². The number of hydrogen-bond acceptors (Lipinski definition) is 6. The molecule has 6 nitrogen and oxygen atoms in total. The second kappa shape index (κ2) is 15.1. The highest BCUT2D eigenvalue weighted by molar-refractivity contribution is 6.00. The Morgan fingerprint density at radius 2 is 0.633 bits per heavy atom. The molecule has 0 radical (unpaired) electrons. The molecule has 0 spiro atoms. The Labute approximate surface area is 350 Å². The van der Waals surface area contributed by atoms with E-state index >= 15 is 0 Å². The van der Waals surface area contributed by atoms with Crippen molar-refractivity contribution in [1.29, 1.82) is 0 Å². The van der Waals surface area contributed by atoms with Gasteiger partial charge in [-0.2, -0.15) is 0 Å². The molecule has 9 aromatic rings. The van der Waals surface area contributed by atoms with Gasteiger partial charge in [-0.1, -0.05) is 164 Å². The van der Waals surface area contributed by atoms with Crippen molar-refractivity contribution < 1.29 is 0 Å². The van der Waals surface area contributed by atoms with Crippen LogP contribution in [-0.2, 0) is 0 Å². The van der Waals surface area contributed by atoms with Gasteiger partial charge in [0.05, 0.1) is 46.5 Å². The van der Waals surface area contributed by atoms with Crippen molar-refractivity contribution in [1.82, 2.24) is 9.97 Å². The number of aromatic nitrogens is 2. The lowest BCUT2D eigenvalue weighted by Gasteiger charge is -2.28. The summed E-state index contributed by atoms with van der Waals surface area (Å²) in [7, 11) is 0. The Bertz CT molecular complexity index is 2640. The lowest BCUT2D eigenvalue weighted by Crippen LogP contribution is -2.26. The van der Waals surface area contributed by atoms with Crippen molar-refractivity contribution in [3.63, 3.8) is 0 Å². The van der Waals surface area contributed by atoms with Crippen molar-refractivity contribution in [3.05, 3.63) is 219 Å². The molecule has 2 aromatic heterocycles. The van der Waals surface area contributed by atoms with Crippen molar-refractivity contribution in [2.24, 2.45) is 0 Å². The van der Waals surface area contributed by atoms with Gasteiger partial charge in [0.2, 0.25) is 0 Å². The summed E-state index contributed by atoms with van der Waals surface area (Å²) in [6.07, 6.45) is 7.81. The first-order chi connectivity index (χ1) is 29.8. The lowest BCUT2D eigenvalue weighted by atomic mass is 9.95. The maximum absolute atomic E-state index is 4.68. The maximum Gasteiger partial charge on any atom is 0.100 e. The first-order valence-corrected chi connectivity index (χ1v) is 20.4. The SMILES string of the molecule is c1ccc(-c2cccc(-c3ccccc3)c2N2CN(c3cccc(N4CN(c5c(-c6ccccc6)cccc5-c5ccccc5)c5cnccc54)c3)c3ccncc32)cc1. The Morgan fingerprint density at radius 1 is 0.300 bits per heavy atom. The molecule has 6 heteroatoms. The van der Waals surface area contributed by atoms with E-state index in [2.05, 4.69) is 224 Å². The molecule has 60 heavy (non-hydrogen) atoms. The Balaban J connectivity index is 1.01. The molecule has 7 aromatic carbocycles. The summed E-state index contributed by atoms with van der Waals surface area (Å²) in [6.45, 7) is 1.23. The lowest BCUT2D eigenvalue weighted by molar-refractivity contribution is 0.979. The van der Waals surface area contributed by atoms with E-state index in [1.54, 1.807) is 0 Å². The molecule has 0 fully saturated rings. The minimum absolute atomic E-state index is 0.617. The highest BCUT2D eigenvalue weighted by Crippen LogP contribution is 2.52. The summed E-state index contributed by atoms with van der Waals surface area (Å²) in [5.74, 6) is 0. The number of para-hydroxylation sites is 2. The predicted molar refractivity (Wildman–Crippen MR) is 248 cm³/mol. The van der Waals surface area contributed by atoms with Crippen LogP contribution < -0.4 is 19.6 Å². The number of pyridine rings is 2. The number of rotatable bonds is 8. The van der Waals surface area contributed by atoms with Crippen LogP contribution in [0, 0.1) is 0 Å². The fraction of sp³-hybridized carbons (Fsp3) is 0.0370. The molecule has 0 bridgehead atoms. The molecule has 0 saturated heterocycles. The van der Waals surface area contributed by atoms with Crippen LogP contribution >= 0.6 is 0 Å². The fourth-order valence-electron chi connectivity index (χ4n) is 8.94. The van der Waals surface area contributed by atoms with E-state index in [9.17, 15) is 0 Å². The molecule has 2 aliphatic heterocycles. The van der Waals surface area contributed by atoms with E-state index in [1.165, 1.54) is 44.5 Å². The molecule has 11 rings (SSSR count). The van der Waals surface area contributed by atoms with Crippen LogP contribution in [0.4, 0.5) is 45.5 Å². The zero-order valence-electron chi connectivity index (χ0n) is 32.9. The highest BCUT2D eigenvalue weighted by Gasteiger charge is 2.34. The molecule has 0 atom stereocenters. The summed E-state index contributed by atoms with van der Waals surface area (Å²) < 4.78 is 0. The summed E-state index contributed by atoms with van der Waals surface area (Å²) in [6, 6.07) is 69.3. The van der Waals surface area contributed by atoms with Gasteiger partial charge >= 0.3 is 0 Å². The number of benzene rings is 7. The van der Waals surface area contributed by atoms with E-state index in [0.29, 0.717) is 13.3 Å². The van der Waals surface area contributed by atoms with Crippen molar-refractivity contribution in [2.45, 2.75) is 0 Å². The molecule has 286 valence electrons. The van der Waals surface area contributed by atoms with Crippen LogP contribution in [0.15, 0.2) is 219 Å². The summed E-state index contributed by atoms with van der Waals surface area (Å²) in [5.41, 5.74) is 18.3. The third-order valence-corrected chi connectivity index (χ3v) is 11.7. The average Bonchev–Trinajstić information content (AvgIpc) is 3.92. The fourth-order valence-corrected chi connectivity index (χ4v) is 8.94. The predicted octanol–water partition coefficient (Wildman–Crippen LogP) is 13.6. The van der Waals surface area contributed by atoms with Crippen LogP contribution in [-0.4, -0.2) is 23.3 Å². The molecule has 0 amide bonds. The van der Waals surface area contributed by atoms with Gasteiger partial charge in [0.15, 0.2) is 0 Å². The second-order valence-electron chi connectivity index (χ2n) is 15.1. The molecule has 0 aliphatic carbocycles. The molecular formula is C54H40N6. The molecule has 2 aliphatic rings. The Kier molecular flexibility index (Phi) is 8.86. The Morgan fingerprint density at radius 3 is 0.983 bits per heavy atom. The van der Waals surface area contributed by atoms with Crippen LogP contribution in [0.2, 0.25) is 0 Å². The monoisotopic (exact) mass is 772 g/mol. The smallest absolute Gasteiger partial charge is 0.100 e. The first-order valence-electron chi connectivity index (χ1n) is 20.4. The van der Waals surface area contributed by atoms with Crippen molar-refractivity contribution in [3.8, 4) is 44.5 Å². The van der Waals surface area contributed by atoms with E-state index in [1.807, 2.05) is 24.8 Å². The quantitative estimate of drug-likeness (QED) is 0.153. The van der Waals surface area contributed by atoms with E-state index in [4.69, 9.17) is 0 Å². The van der Waals surface area contributed by atoms with Crippen molar-refractivity contribution >= 4 is 45.5 Å². The maximum atomic E-state index is 4.68. The summed E-state index contributed by atoms with van der Waals surface area (Å²) in [4.78, 5) is 19.1. The minimum Gasteiger partial charge on any atom is -0.321 e. The second-order valence-corrected chi connectivity index (χ2v) is 15.1. The summed E-state index contributed by atoms with van der Waals surface area (Å²) >= 11 is 0. The highest BCUT2D eigenvalue weighted by atomic mass is 15.4. The standard InChI is InChI=1S/C54H40N6/c1-5-16-39(17-6-1)45-26-14-27-46(40-18-7-2-8-19-40)53(45)59-37-57(49-30-32-55-35-51(49)59)43-24-13-25-44(34-43)58-38-60(52-36-56-33-31-50(52)58)54-47(41-20-9-3-10-21-41)28-15-29-48(54)42-22-11-4-12-23-42/h1-36H,37-38H2. The van der Waals surface area contributed by atoms with Gasteiger partial charge in [0, 0.05) is 46.0 Å². The van der Waals surface area contributed by atoms with E-state index in [-0.39, 0.29) is 0 Å². The summed E-state index contributed by atoms with van der Waals surface area (Å²) in [5, 5.41) is 0. The number of nitrogens with zero attached hydrogens (tertiary/aromatic N) is 6. The largest absolute Gasteiger partial charge is 0.321 e. The van der Waals surface area contributed by atoms with Crippen LogP contribution in [0.1, 0.15) is 0 Å². The Hall–Kier alpha value is -7.96. The third-order valence-electron chi connectivity index (χ3n) is 11.7. The minimum atomic E-state index is 0.617. The normalized spacial score (nSPS) is 13.1. The average molecular weight is 773 g/mol. The number of hydrogen-bond donors (Lipinski definition) is 0. The molecule has 0 saturated carbocycles. The zero-order valence-corrected chi connectivity index (χ0v) is 32.9. The van der Waals surface area contributed by atoms with Crippen molar-refractivity contribution in [2.75, 3.05) is 32.9 Å². The van der Waals surface area contributed by atoms with Gasteiger partial charge in [-0.25, -0.2) is 0 Å².